The monoisotopic (exact) mass is 266 g/mol. The Morgan fingerprint density at radius 3 is 2.83 bits per heavy atom. The fraction of sp³-hybridized carbons (Fsp3) is 0.231. The number of nitrogens with one attached hydrogen (secondary N) is 1. The number of benzene rings is 1. The van der Waals surface area contributed by atoms with Gasteiger partial charge in [0.05, 0.1) is 10.7 Å². The van der Waals surface area contributed by atoms with E-state index in [2.05, 4.69) is 9.97 Å². The Morgan fingerprint density at radius 1 is 1.39 bits per heavy atom. The van der Waals surface area contributed by atoms with Crippen molar-refractivity contribution in [1.82, 2.24) is 9.97 Å². The lowest BCUT2D eigenvalue weighted by Crippen LogP contribution is -2.11. The van der Waals surface area contributed by atoms with Gasteiger partial charge in [0.25, 0.3) is 5.56 Å². The molecule has 0 aliphatic rings. The standard InChI is InChI=1S/C13H12ClFN2O/c1-2-3-12-16-11(7-13(18)17-12)9-5-4-8(15)6-10(9)14/h4-7H,2-3H2,1H3,(H,16,17,18). The molecule has 1 N–H and O–H groups in total. The van der Waals surface area contributed by atoms with Crippen molar-refractivity contribution in [2.45, 2.75) is 19.8 Å². The third-order valence-electron chi connectivity index (χ3n) is 2.48. The second-order valence-electron chi connectivity index (χ2n) is 3.95. The first kappa shape index (κ1) is 12.8. The molecule has 2 aromatic rings. The van der Waals surface area contributed by atoms with E-state index in [-0.39, 0.29) is 10.6 Å². The molecule has 1 aromatic carbocycles. The first-order valence-corrected chi connectivity index (χ1v) is 6.03. The molecule has 5 heteroatoms. The molecule has 0 aliphatic carbocycles. The quantitative estimate of drug-likeness (QED) is 0.927. The van der Waals surface area contributed by atoms with Crippen molar-refractivity contribution >= 4 is 11.6 Å². The summed E-state index contributed by atoms with van der Waals surface area (Å²) in [6.07, 6.45) is 1.56. The van der Waals surface area contributed by atoms with Crippen LogP contribution in [0.3, 0.4) is 0 Å². The van der Waals surface area contributed by atoms with E-state index in [4.69, 9.17) is 11.6 Å². The normalized spacial score (nSPS) is 10.6. The fourth-order valence-corrected chi connectivity index (χ4v) is 1.96. The van der Waals surface area contributed by atoms with Crippen LogP contribution in [-0.4, -0.2) is 9.97 Å². The lowest BCUT2D eigenvalue weighted by atomic mass is 10.1. The zero-order chi connectivity index (χ0) is 13.1. The summed E-state index contributed by atoms with van der Waals surface area (Å²) >= 11 is 5.95. The number of aromatic nitrogens is 2. The molecule has 0 amide bonds. The summed E-state index contributed by atoms with van der Waals surface area (Å²) < 4.78 is 13.0. The smallest absolute Gasteiger partial charge is 0.251 e. The first-order chi connectivity index (χ1) is 8.60. The molecule has 0 saturated carbocycles. The van der Waals surface area contributed by atoms with Crippen LogP contribution < -0.4 is 5.56 Å². The summed E-state index contributed by atoms with van der Waals surface area (Å²) in [5.74, 6) is 0.197. The zero-order valence-corrected chi connectivity index (χ0v) is 10.6. The van der Waals surface area contributed by atoms with E-state index in [9.17, 15) is 9.18 Å². The lowest BCUT2D eigenvalue weighted by molar-refractivity contribution is 0.628. The molecule has 3 nitrogen and oxygen atoms in total. The molecule has 0 unspecified atom stereocenters. The zero-order valence-electron chi connectivity index (χ0n) is 9.84. The van der Waals surface area contributed by atoms with E-state index in [0.29, 0.717) is 23.5 Å². The van der Waals surface area contributed by atoms with Crippen LogP contribution >= 0.6 is 11.6 Å². The van der Waals surface area contributed by atoms with Gasteiger partial charge in [0.1, 0.15) is 11.6 Å². The van der Waals surface area contributed by atoms with Crippen LogP contribution in [0.25, 0.3) is 11.3 Å². The molecule has 0 radical (unpaired) electrons. The summed E-state index contributed by atoms with van der Waals surface area (Å²) in [6, 6.07) is 5.39. The van der Waals surface area contributed by atoms with E-state index in [1.165, 1.54) is 24.3 Å². The van der Waals surface area contributed by atoms with E-state index in [1.807, 2.05) is 6.92 Å². The highest BCUT2D eigenvalue weighted by Gasteiger charge is 2.08. The molecule has 18 heavy (non-hydrogen) atoms. The lowest BCUT2D eigenvalue weighted by Gasteiger charge is -2.05. The first-order valence-electron chi connectivity index (χ1n) is 5.66. The van der Waals surface area contributed by atoms with Gasteiger partial charge in [-0.15, -0.1) is 0 Å². The highest BCUT2D eigenvalue weighted by atomic mass is 35.5. The molecule has 0 atom stereocenters. The maximum Gasteiger partial charge on any atom is 0.251 e. The van der Waals surface area contributed by atoms with Gasteiger partial charge in [-0.2, -0.15) is 0 Å². The van der Waals surface area contributed by atoms with Gasteiger partial charge in [-0.05, 0) is 24.6 Å². The third-order valence-corrected chi connectivity index (χ3v) is 2.80. The number of halogens is 2. The minimum Gasteiger partial charge on any atom is -0.311 e. The Bertz CT molecular complexity index is 625. The highest BCUT2D eigenvalue weighted by molar-refractivity contribution is 6.33. The number of hydrogen-bond donors (Lipinski definition) is 1. The number of aromatic amines is 1. The van der Waals surface area contributed by atoms with E-state index >= 15 is 0 Å². The highest BCUT2D eigenvalue weighted by Crippen LogP contribution is 2.26. The van der Waals surface area contributed by atoms with Crippen molar-refractivity contribution in [3.8, 4) is 11.3 Å². The molecule has 0 saturated heterocycles. The molecule has 94 valence electrons. The van der Waals surface area contributed by atoms with Gasteiger partial charge in [-0.25, -0.2) is 9.37 Å². The number of aryl methyl sites for hydroxylation is 1. The Labute approximate surface area is 109 Å². The Hall–Kier alpha value is -1.68. The number of hydrogen-bond acceptors (Lipinski definition) is 2. The van der Waals surface area contributed by atoms with E-state index < -0.39 is 5.82 Å². The molecule has 2 rings (SSSR count). The average molecular weight is 267 g/mol. The van der Waals surface area contributed by atoms with Crippen LogP contribution in [0.4, 0.5) is 4.39 Å². The summed E-state index contributed by atoms with van der Waals surface area (Å²) in [6.45, 7) is 2.00. The minimum atomic E-state index is -0.414. The third kappa shape index (κ3) is 2.76. The van der Waals surface area contributed by atoms with Crippen LogP contribution in [0, 0.1) is 5.82 Å². The van der Waals surface area contributed by atoms with Crippen LogP contribution in [0.5, 0.6) is 0 Å². The Balaban J connectivity index is 2.53. The molecule has 1 heterocycles. The van der Waals surface area contributed by atoms with Crippen molar-refractivity contribution in [3.05, 3.63) is 51.3 Å². The maximum atomic E-state index is 13.0. The largest absolute Gasteiger partial charge is 0.311 e. The second-order valence-corrected chi connectivity index (χ2v) is 4.36. The molecule has 0 aliphatic heterocycles. The topological polar surface area (TPSA) is 45.8 Å². The second kappa shape index (κ2) is 5.31. The number of H-pyrrole nitrogens is 1. The van der Waals surface area contributed by atoms with E-state index in [0.717, 1.165) is 6.42 Å². The van der Waals surface area contributed by atoms with E-state index in [1.54, 1.807) is 0 Å². The van der Waals surface area contributed by atoms with Crippen LogP contribution in [0.2, 0.25) is 5.02 Å². The van der Waals surface area contributed by atoms with Crippen molar-refractivity contribution < 1.29 is 4.39 Å². The van der Waals surface area contributed by atoms with Gasteiger partial charge < -0.3 is 4.98 Å². The van der Waals surface area contributed by atoms with Crippen LogP contribution in [-0.2, 0) is 6.42 Å². The van der Waals surface area contributed by atoms with Crippen molar-refractivity contribution in [2.75, 3.05) is 0 Å². The summed E-state index contributed by atoms with van der Waals surface area (Å²) in [5.41, 5.74) is 0.789. The van der Waals surface area contributed by atoms with Crippen LogP contribution in [0.15, 0.2) is 29.1 Å². The molecule has 1 aromatic heterocycles. The fourth-order valence-electron chi connectivity index (χ4n) is 1.70. The number of rotatable bonds is 3. The van der Waals surface area contributed by atoms with Crippen molar-refractivity contribution in [2.24, 2.45) is 0 Å². The van der Waals surface area contributed by atoms with Crippen LogP contribution in [0.1, 0.15) is 19.2 Å². The summed E-state index contributed by atoms with van der Waals surface area (Å²) in [5, 5.41) is 0.246. The predicted molar refractivity (Wildman–Crippen MR) is 69.3 cm³/mol. The summed E-state index contributed by atoms with van der Waals surface area (Å²) in [4.78, 5) is 18.5. The van der Waals surface area contributed by atoms with Gasteiger partial charge >= 0.3 is 0 Å². The molecule has 0 spiro atoms. The molecule has 0 fully saturated rings. The molecular formula is C13H12ClFN2O. The number of nitrogens with zero attached hydrogens (tertiary/aromatic N) is 1. The minimum absolute atomic E-state index is 0.233. The summed E-state index contributed by atoms with van der Waals surface area (Å²) in [7, 11) is 0. The Kier molecular flexibility index (Phi) is 3.77. The van der Waals surface area contributed by atoms with Gasteiger partial charge in [-0.3, -0.25) is 4.79 Å². The Morgan fingerprint density at radius 2 is 2.17 bits per heavy atom. The SMILES string of the molecule is CCCc1nc(-c2ccc(F)cc2Cl)cc(=O)[nH]1. The van der Waals surface area contributed by atoms with Gasteiger partial charge in [0, 0.05) is 18.1 Å². The maximum absolute atomic E-state index is 13.0. The van der Waals surface area contributed by atoms with Gasteiger partial charge in [0.15, 0.2) is 0 Å². The van der Waals surface area contributed by atoms with Gasteiger partial charge in [0.2, 0.25) is 0 Å². The average Bonchev–Trinajstić information content (AvgIpc) is 2.28. The van der Waals surface area contributed by atoms with Crippen molar-refractivity contribution in [3.63, 3.8) is 0 Å². The molecular weight excluding hydrogens is 255 g/mol. The van der Waals surface area contributed by atoms with Gasteiger partial charge in [-0.1, -0.05) is 18.5 Å². The van der Waals surface area contributed by atoms with Crippen molar-refractivity contribution in [1.29, 1.82) is 0 Å². The predicted octanol–water partition coefficient (Wildman–Crippen LogP) is 3.18. The molecule has 0 bridgehead atoms.